The summed E-state index contributed by atoms with van der Waals surface area (Å²) in [7, 11) is 0. The van der Waals surface area contributed by atoms with Crippen molar-refractivity contribution >= 4 is 33.4 Å². The van der Waals surface area contributed by atoms with Gasteiger partial charge in [-0.2, -0.15) is 0 Å². The number of benzene rings is 1. The Bertz CT molecular complexity index is 835. The van der Waals surface area contributed by atoms with Crippen LogP contribution in [0.1, 0.15) is 30.9 Å². The molecule has 2 amide bonds. The molecule has 1 saturated heterocycles. The summed E-state index contributed by atoms with van der Waals surface area (Å²) in [5.74, 6) is -0.441. The molecule has 1 aromatic carbocycles. The number of amides is 2. The number of hydrogen-bond acceptors (Lipinski definition) is 3. The Balaban J connectivity index is 1.93. The molecule has 1 aliphatic heterocycles. The summed E-state index contributed by atoms with van der Waals surface area (Å²) in [6.45, 7) is 0.528. The molecule has 130 valence electrons. The third-order valence-corrected chi connectivity index (χ3v) is 4.62. The number of halogens is 1. The van der Waals surface area contributed by atoms with Gasteiger partial charge in [-0.15, -0.1) is 0 Å². The van der Waals surface area contributed by atoms with Crippen LogP contribution < -0.4 is 10.9 Å². The first-order valence-electron chi connectivity index (χ1n) is 8.10. The second-order valence-electron chi connectivity index (χ2n) is 5.91. The standard InChI is InChI=1S/C18H18BrN3O3/c19-13-10-14(17(24)20-11-13)21-18(25)16(12-6-2-1-3-7-12)22-9-5-4-8-15(22)23/h1-3,6-7,10-11,16H,4-5,8-9H2,(H,20,24)(H,21,25). The zero-order chi connectivity index (χ0) is 17.8. The van der Waals surface area contributed by atoms with E-state index in [9.17, 15) is 14.4 Å². The van der Waals surface area contributed by atoms with Crippen molar-refractivity contribution in [2.45, 2.75) is 25.3 Å². The van der Waals surface area contributed by atoms with Crippen molar-refractivity contribution in [3.8, 4) is 0 Å². The highest BCUT2D eigenvalue weighted by molar-refractivity contribution is 9.10. The van der Waals surface area contributed by atoms with Gasteiger partial charge >= 0.3 is 0 Å². The van der Waals surface area contributed by atoms with Crippen LogP contribution in [0, 0.1) is 0 Å². The highest BCUT2D eigenvalue weighted by atomic mass is 79.9. The van der Waals surface area contributed by atoms with Gasteiger partial charge in [0.05, 0.1) is 0 Å². The molecule has 0 radical (unpaired) electrons. The minimum Gasteiger partial charge on any atom is -0.327 e. The minimum atomic E-state index is -0.757. The van der Waals surface area contributed by atoms with E-state index >= 15 is 0 Å². The number of nitrogens with one attached hydrogen (secondary N) is 2. The van der Waals surface area contributed by atoms with Crippen LogP contribution in [0.3, 0.4) is 0 Å². The summed E-state index contributed by atoms with van der Waals surface area (Å²) in [5.41, 5.74) is 0.472. The van der Waals surface area contributed by atoms with Crippen molar-refractivity contribution in [2.24, 2.45) is 0 Å². The summed E-state index contributed by atoms with van der Waals surface area (Å²) >= 11 is 3.27. The Morgan fingerprint density at radius 1 is 1.20 bits per heavy atom. The number of likely N-dealkylation sites (tertiary alicyclic amines) is 1. The van der Waals surface area contributed by atoms with Gasteiger partial charge in [0.25, 0.3) is 11.5 Å². The Hall–Kier alpha value is -2.41. The average molecular weight is 404 g/mol. The van der Waals surface area contributed by atoms with Crippen molar-refractivity contribution in [3.63, 3.8) is 0 Å². The third kappa shape index (κ3) is 3.99. The van der Waals surface area contributed by atoms with Crippen molar-refractivity contribution < 1.29 is 9.59 Å². The molecule has 0 bridgehead atoms. The first-order valence-corrected chi connectivity index (χ1v) is 8.89. The molecular weight excluding hydrogens is 386 g/mol. The smallest absolute Gasteiger partial charge is 0.271 e. The fourth-order valence-corrected chi connectivity index (χ4v) is 3.30. The molecule has 1 atom stereocenters. The summed E-state index contributed by atoms with van der Waals surface area (Å²) < 4.78 is 0.646. The number of pyridine rings is 1. The normalized spacial score (nSPS) is 15.7. The maximum absolute atomic E-state index is 12.9. The molecule has 25 heavy (non-hydrogen) atoms. The van der Waals surface area contributed by atoms with Gasteiger partial charge in [0.1, 0.15) is 11.7 Å². The highest BCUT2D eigenvalue weighted by Gasteiger charge is 2.32. The Morgan fingerprint density at radius 3 is 2.68 bits per heavy atom. The van der Waals surface area contributed by atoms with Crippen molar-refractivity contribution in [1.29, 1.82) is 0 Å². The van der Waals surface area contributed by atoms with E-state index in [1.807, 2.05) is 30.3 Å². The van der Waals surface area contributed by atoms with E-state index in [4.69, 9.17) is 0 Å². The zero-order valence-electron chi connectivity index (χ0n) is 13.5. The molecule has 1 aromatic heterocycles. The average Bonchev–Trinajstić information content (AvgIpc) is 2.61. The SMILES string of the molecule is O=C(Nc1cc(Br)c[nH]c1=O)C(c1ccccc1)N1CCCCC1=O. The van der Waals surface area contributed by atoms with Crippen LogP contribution in [0.2, 0.25) is 0 Å². The predicted molar refractivity (Wildman–Crippen MR) is 98.1 cm³/mol. The number of anilines is 1. The lowest BCUT2D eigenvalue weighted by atomic mass is 10.0. The molecule has 2 N–H and O–H groups in total. The fraction of sp³-hybridized carbons (Fsp3) is 0.278. The molecule has 7 heteroatoms. The lowest BCUT2D eigenvalue weighted by Gasteiger charge is -2.34. The van der Waals surface area contributed by atoms with Crippen LogP contribution in [0.25, 0.3) is 0 Å². The van der Waals surface area contributed by atoms with Gasteiger partial charge in [-0.3, -0.25) is 14.4 Å². The molecule has 1 fully saturated rings. The maximum Gasteiger partial charge on any atom is 0.271 e. The van der Waals surface area contributed by atoms with E-state index < -0.39 is 17.5 Å². The molecule has 0 spiro atoms. The number of carbonyl (C=O) groups is 2. The van der Waals surface area contributed by atoms with Gasteiger partial charge in [0, 0.05) is 23.6 Å². The number of hydrogen-bond donors (Lipinski definition) is 2. The number of aromatic amines is 1. The van der Waals surface area contributed by atoms with E-state index in [2.05, 4.69) is 26.2 Å². The topological polar surface area (TPSA) is 82.3 Å². The van der Waals surface area contributed by atoms with Gasteiger partial charge in [-0.1, -0.05) is 30.3 Å². The molecule has 0 saturated carbocycles. The lowest BCUT2D eigenvalue weighted by molar-refractivity contribution is -0.141. The van der Waals surface area contributed by atoms with Crippen LogP contribution >= 0.6 is 15.9 Å². The van der Waals surface area contributed by atoms with E-state index in [-0.39, 0.29) is 11.6 Å². The Kier molecular flexibility index (Phi) is 5.33. The fourth-order valence-electron chi connectivity index (χ4n) is 2.96. The van der Waals surface area contributed by atoms with Gasteiger partial charge in [0.15, 0.2) is 0 Å². The van der Waals surface area contributed by atoms with Gasteiger partial charge in [0.2, 0.25) is 5.91 Å². The summed E-state index contributed by atoms with van der Waals surface area (Å²) in [5, 5.41) is 2.66. The van der Waals surface area contributed by atoms with Crippen LogP contribution in [-0.4, -0.2) is 28.2 Å². The minimum absolute atomic E-state index is 0.0431. The summed E-state index contributed by atoms with van der Waals surface area (Å²) in [6.07, 6.45) is 3.64. The van der Waals surface area contributed by atoms with Crippen molar-refractivity contribution in [2.75, 3.05) is 11.9 Å². The molecule has 0 aliphatic carbocycles. The maximum atomic E-state index is 12.9. The van der Waals surface area contributed by atoms with E-state index in [1.54, 1.807) is 4.90 Å². The molecular formula is C18H18BrN3O3. The zero-order valence-corrected chi connectivity index (χ0v) is 15.1. The molecule has 6 nitrogen and oxygen atoms in total. The second kappa shape index (κ2) is 7.65. The number of rotatable bonds is 4. The third-order valence-electron chi connectivity index (χ3n) is 4.16. The van der Waals surface area contributed by atoms with Crippen LogP contribution in [0.5, 0.6) is 0 Å². The number of piperidine rings is 1. The van der Waals surface area contributed by atoms with E-state index in [0.717, 1.165) is 18.4 Å². The molecule has 2 heterocycles. The highest BCUT2D eigenvalue weighted by Crippen LogP contribution is 2.27. The van der Waals surface area contributed by atoms with Gasteiger partial charge in [-0.25, -0.2) is 0 Å². The van der Waals surface area contributed by atoms with Crippen molar-refractivity contribution in [1.82, 2.24) is 9.88 Å². The van der Waals surface area contributed by atoms with E-state index in [0.29, 0.717) is 17.4 Å². The van der Waals surface area contributed by atoms with Crippen molar-refractivity contribution in [3.05, 3.63) is 63.0 Å². The Labute approximate surface area is 153 Å². The summed E-state index contributed by atoms with van der Waals surface area (Å²) in [4.78, 5) is 41.4. The first-order chi connectivity index (χ1) is 12.1. The number of carbonyl (C=O) groups excluding carboxylic acids is 2. The molecule has 1 aliphatic rings. The second-order valence-corrected chi connectivity index (χ2v) is 6.82. The van der Waals surface area contributed by atoms with Gasteiger partial charge in [-0.05, 0) is 40.4 Å². The van der Waals surface area contributed by atoms with Crippen LogP contribution in [0.4, 0.5) is 5.69 Å². The monoisotopic (exact) mass is 403 g/mol. The molecule has 1 unspecified atom stereocenters. The number of H-pyrrole nitrogens is 1. The predicted octanol–water partition coefficient (Wildman–Crippen LogP) is 2.83. The van der Waals surface area contributed by atoms with Gasteiger partial charge < -0.3 is 15.2 Å². The Morgan fingerprint density at radius 2 is 1.96 bits per heavy atom. The quantitative estimate of drug-likeness (QED) is 0.822. The number of aromatic nitrogens is 1. The molecule has 3 rings (SSSR count). The number of nitrogens with zero attached hydrogens (tertiary/aromatic N) is 1. The van der Waals surface area contributed by atoms with E-state index in [1.165, 1.54) is 12.3 Å². The molecule has 2 aromatic rings. The largest absolute Gasteiger partial charge is 0.327 e. The van der Waals surface area contributed by atoms with Crippen LogP contribution in [-0.2, 0) is 9.59 Å². The lowest BCUT2D eigenvalue weighted by Crippen LogP contribution is -2.44. The first kappa shape index (κ1) is 17.4. The van der Waals surface area contributed by atoms with Crippen LogP contribution in [0.15, 0.2) is 51.9 Å². The summed E-state index contributed by atoms with van der Waals surface area (Å²) in [6, 6.07) is 9.93.